The number of guanidine groups is 1. The van der Waals surface area contributed by atoms with E-state index in [0.717, 1.165) is 29.6 Å². The van der Waals surface area contributed by atoms with Crippen LogP contribution in [0, 0.1) is 23.7 Å². The zero-order chi connectivity index (χ0) is 12.1. The molecule has 108 valence electrons. The molecule has 0 saturated heterocycles. The third kappa shape index (κ3) is 2.46. The summed E-state index contributed by atoms with van der Waals surface area (Å²) in [4.78, 5) is 4.79. The van der Waals surface area contributed by atoms with Crippen molar-refractivity contribution in [2.45, 2.75) is 63.5 Å². The Morgan fingerprint density at radius 3 is 2.11 bits per heavy atom. The summed E-state index contributed by atoms with van der Waals surface area (Å²) < 4.78 is 0. The fraction of sp³-hybridized carbons (Fsp3) is 0.933. The van der Waals surface area contributed by atoms with Crippen LogP contribution >= 0.6 is 12.4 Å². The minimum atomic E-state index is 0. The van der Waals surface area contributed by atoms with Gasteiger partial charge in [0.1, 0.15) is 0 Å². The van der Waals surface area contributed by atoms with Gasteiger partial charge in [0, 0.05) is 6.04 Å². The van der Waals surface area contributed by atoms with Crippen molar-refractivity contribution in [1.29, 1.82) is 0 Å². The van der Waals surface area contributed by atoms with Gasteiger partial charge in [-0.3, -0.25) is 0 Å². The van der Waals surface area contributed by atoms with Crippen molar-refractivity contribution in [1.82, 2.24) is 5.32 Å². The van der Waals surface area contributed by atoms with Crippen molar-refractivity contribution >= 4 is 18.4 Å². The average Bonchev–Trinajstić information content (AvgIpc) is 3.08. The Balaban J connectivity index is 0.00000110. The Kier molecular flexibility index (Phi) is 3.67. The monoisotopic (exact) mass is 283 g/mol. The van der Waals surface area contributed by atoms with Crippen molar-refractivity contribution < 1.29 is 0 Å². The summed E-state index contributed by atoms with van der Waals surface area (Å²) in [6.07, 6.45) is 11.2. The number of fused-ring (bicyclic) bond motifs is 4. The van der Waals surface area contributed by atoms with Crippen molar-refractivity contribution in [2.75, 3.05) is 0 Å². The van der Waals surface area contributed by atoms with Gasteiger partial charge in [0.15, 0.2) is 5.96 Å². The number of nitrogens with one attached hydrogen (secondary N) is 1. The number of nitrogens with zero attached hydrogens (tertiary/aromatic N) is 1. The van der Waals surface area contributed by atoms with E-state index in [-0.39, 0.29) is 12.4 Å². The van der Waals surface area contributed by atoms with Gasteiger partial charge in [-0.15, -0.1) is 12.4 Å². The molecule has 0 aliphatic heterocycles. The molecule has 3 N–H and O–H groups in total. The molecule has 6 atom stereocenters. The summed E-state index contributed by atoms with van der Waals surface area (Å²) in [7, 11) is 0. The van der Waals surface area contributed by atoms with E-state index in [1.807, 2.05) is 0 Å². The molecule has 3 nitrogen and oxygen atoms in total. The lowest BCUT2D eigenvalue weighted by molar-refractivity contribution is 0.384. The molecule has 0 spiro atoms. The third-order valence-corrected chi connectivity index (χ3v) is 6.08. The summed E-state index contributed by atoms with van der Waals surface area (Å²) in [6, 6.07) is 1.17. The first-order valence-corrected chi connectivity index (χ1v) is 7.87. The van der Waals surface area contributed by atoms with Gasteiger partial charge < -0.3 is 11.1 Å². The highest BCUT2D eigenvalue weighted by Crippen LogP contribution is 2.46. The van der Waals surface area contributed by atoms with Gasteiger partial charge in [-0.25, -0.2) is 4.99 Å². The molecule has 0 amide bonds. The second kappa shape index (κ2) is 5.16. The molecule has 4 aliphatic rings. The normalized spacial score (nSPS) is 47.5. The number of hydrogen-bond donors (Lipinski definition) is 2. The van der Waals surface area contributed by atoms with E-state index in [0.29, 0.717) is 12.1 Å². The van der Waals surface area contributed by atoms with Gasteiger partial charge in [0.2, 0.25) is 0 Å². The van der Waals surface area contributed by atoms with Crippen LogP contribution in [-0.2, 0) is 0 Å². The first-order chi connectivity index (χ1) is 8.78. The Morgan fingerprint density at radius 2 is 1.58 bits per heavy atom. The highest BCUT2D eigenvalue weighted by molar-refractivity contribution is 5.85. The summed E-state index contributed by atoms with van der Waals surface area (Å²) in [5.41, 5.74) is 6.14. The summed E-state index contributed by atoms with van der Waals surface area (Å²) in [6.45, 7) is 0. The highest BCUT2D eigenvalue weighted by Gasteiger charge is 2.41. The number of aliphatic imine (C=N–C) groups is 1. The van der Waals surface area contributed by atoms with Gasteiger partial charge in [-0.1, -0.05) is 12.8 Å². The minimum Gasteiger partial charge on any atom is -0.370 e. The van der Waals surface area contributed by atoms with Gasteiger partial charge in [-0.05, 0) is 62.2 Å². The lowest BCUT2D eigenvalue weighted by Gasteiger charge is -2.25. The maximum Gasteiger partial charge on any atom is 0.189 e. The summed E-state index contributed by atoms with van der Waals surface area (Å²) in [5, 5.41) is 3.52. The topological polar surface area (TPSA) is 50.4 Å². The van der Waals surface area contributed by atoms with E-state index in [1.54, 1.807) is 0 Å². The molecule has 4 bridgehead atoms. The standard InChI is InChI=1S/C15H25N3.ClH/c16-15(17-13-7-9-1-3-11(13)5-9)18-14-8-10-2-4-12(14)6-10;/h9-14H,1-8H2,(H3,16,17,18);1H. The Morgan fingerprint density at radius 1 is 0.895 bits per heavy atom. The third-order valence-electron chi connectivity index (χ3n) is 6.08. The molecule has 0 aromatic heterocycles. The summed E-state index contributed by atoms with van der Waals surface area (Å²) in [5.74, 6) is 4.39. The maximum atomic E-state index is 6.14. The Labute approximate surface area is 122 Å². The minimum absolute atomic E-state index is 0. The molecule has 0 aromatic rings. The van der Waals surface area contributed by atoms with E-state index in [4.69, 9.17) is 10.7 Å². The van der Waals surface area contributed by atoms with Crippen LogP contribution in [0.4, 0.5) is 0 Å². The van der Waals surface area contributed by atoms with Crippen LogP contribution in [0.25, 0.3) is 0 Å². The second-order valence-electron chi connectivity index (χ2n) is 7.18. The Bertz CT molecular complexity index is 370. The predicted octanol–water partition coefficient (Wildman–Crippen LogP) is 2.69. The molecule has 0 radical (unpaired) electrons. The molecule has 6 unspecified atom stereocenters. The van der Waals surface area contributed by atoms with Crippen molar-refractivity contribution in [3.05, 3.63) is 0 Å². The Hall–Kier alpha value is -0.440. The molecule has 0 heterocycles. The van der Waals surface area contributed by atoms with Gasteiger partial charge in [-0.2, -0.15) is 0 Å². The van der Waals surface area contributed by atoms with Crippen molar-refractivity contribution in [3.8, 4) is 0 Å². The summed E-state index contributed by atoms with van der Waals surface area (Å²) >= 11 is 0. The number of nitrogens with two attached hydrogens (primary N) is 1. The zero-order valence-electron chi connectivity index (χ0n) is 11.6. The van der Waals surface area contributed by atoms with E-state index < -0.39 is 0 Å². The number of hydrogen-bond acceptors (Lipinski definition) is 1. The lowest BCUT2D eigenvalue weighted by atomic mass is 9.95. The highest BCUT2D eigenvalue weighted by atomic mass is 35.5. The van der Waals surface area contributed by atoms with Gasteiger partial charge in [0.25, 0.3) is 0 Å². The first kappa shape index (κ1) is 13.5. The van der Waals surface area contributed by atoms with Crippen LogP contribution in [0.2, 0.25) is 0 Å². The zero-order valence-corrected chi connectivity index (χ0v) is 12.4. The lowest BCUT2D eigenvalue weighted by Crippen LogP contribution is -2.43. The quantitative estimate of drug-likeness (QED) is 0.605. The smallest absolute Gasteiger partial charge is 0.189 e. The first-order valence-electron chi connectivity index (χ1n) is 7.87. The van der Waals surface area contributed by atoms with Crippen LogP contribution < -0.4 is 11.1 Å². The molecule has 19 heavy (non-hydrogen) atoms. The van der Waals surface area contributed by atoms with Gasteiger partial charge >= 0.3 is 0 Å². The van der Waals surface area contributed by atoms with E-state index in [9.17, 15) is 0 Å². The van der Waals surface area contributed by atoms with Crippen LogP contribution in [0.1, 0.15) is 51.4 Å². The molecule has 4 fully saturated rings. The SMILES string of the molecule is Cl.NC(=NC1CC2CCC1C2)NC1CC2CCC1C2. The number of halogens is 1. The molecular weight excluding hydrogens is 258 g/mol. The number of rotatable bonds is 2. The maximum absolute atomic E-state index is 6.14. The van der Waals surface area contributed by atoms with Crippen molar-refractivity contribution in [2.24, 2.45) is 34.4 Å². The molecule has 4 saturated carbocycles. The van der Waals surface area contributed by atoms with Crippen molar-refractivity contribution in [3.63, 3.8) is 0 Å². The van der Waals surface area contributed by atoms with Crippen LogP contribution in [0.3, 0.4) is 0 Å². The molecule has 0 aromatic carbocycles. The molecular formula is C15H26ClN3. The molecule has 4 aliphatic carbocycles. The fourth-order valence-corrected chi connectivity index (χ4v) is 5.20. The molecule has 4 rings (SSSR count). The van der Waals surface area contributed by atoms with E-state index >= 15 is 0 Å². The predicted molar refractivity (Wildman–Crippen MR) is 80.5 cm³/mol. The van der Waals surface area contributed by atoms with Crippen LogP contribution in [0.15, 0.2) is 4.99 Å². The molecule has 4 heteroatoms. The van der Waals surface area contributed by atoms with E-state index in [1.165, 1.54) is 51.4 Å². The van der Waals surface area contributed by atoms with Crippen LogP contribution in [0.5, 0.6) is 0 Å². The fourth-order valence-electron chi connectivity index (χ4n) is 5.20. The van der Waals surface area contributed by atoms with E-state index in [2.05, 4.69) is 5.32 Å². The average molecular weight is 284 g/mol. The van der Waals surface area contributed by atoms with Gasteiger partial charge in [0.05, 0.1) is 6.04 Å². The largest absolute Gasteiger partial charge is 0.370 e. The van der Waals surface area contributed by atoms with Crippen LogP contribution in [-0.4, -0.2) is 18.0 Å². The second-order valence-corrected chi connectivity index (χ2v) is 7.18.